The molecule has 0 saturated heterocycles. The largest absolute Gasteiger partial charge is 0.494 e. The number of ether oxygens (including phenoxy) is 1. The lowest BCUT2D eigenvalue weighted by Gasteiger charge is -2.41. The van der Waals surface area contributed by atoms with E-state index < -0.39 is 5.92 Å². The highest BCUT2D eigenvalue weighted by molar-refractivity contribution is 5.29. The van der Waals surface area contributed by atoms with Gasteiger partial charge in [-0.25, -0.2) is 8.78 Å². The number of halogens is 2. The predicted molar refractivity (Wildman–Crippen MR) is 103 cm³/mol. The van der Waals surface area contributed by atoms with Crippen molar-refractivity contribution in [3.8, 4) is 5.75 Å². The first-order valence-corrected chi connectivity index (χ1v) is 10.6. The lowest BCUT2D eigenvalue weighted by molar-refractivity contribution is -0.114. The second-order valence-electron chi connectivity index (χ2n) is 8.40. The minimum absolute atomic E-state index is 0.135. The van der Waals surface area contributed by atoms with Gasteiger partial charge in [0.05, 0.1) is 6.61 Å². The summed E-state index contributed by atoms with van der Waals surface area (Å²) in [5.41, 5.74) is 1.38. The Morgan fingerprint density at radius 1 is 0.923 bits per heavy atom. The first kappa shape index (κ1) is 19.6. The summed E-state index contributed by atoms with van der Waals surface area (Å²) >= 11 is 0. The second kappa shape index (κ2) is 8.71. The maximum Gasteiger partial charge on any atom is 0.251 e. The van der Waals surface area contributed by atoms with E-state index in [-0.39, 0.29) is 18.3 Å². The van der Waals surface area contributed by atoms with Crippen LogP contribution in [0.5, 0.6) is 5.75 Å². The van der Waals surface area contributed by atoms with Crippen LogP contribution in [-0.4, -0.2) is 12.5 Å². The van der Waals surface area contributed by atoms with E-state index in [0.717, 1.165) is 50.7 Å². The first-order chi connectivity index (χ1) is 12.5. The molecule has 0 bridgehead atoms. The zero-order valence-corrected chi connectivity index (χ0v) is 16.4. The van der Waals surface area contributed by atoms with Gasteiger partial charge in [0.1, 0.15) is 5.75 Å². The van der Waals surface area contributed by atoms with Crippen LogP contribution in [0.3, 0.4) is 0 Å². The Labute approximate surface area is 157 Å². The van der Waals surface area contributed by atoms with E-state index >= 15 is 0 Å². The molecule has 0 aromatic heterocycles. The molecule has 0 heterocycles. The molecule has 0 N–H and O–H groups in total. The molecule has 1 aromatic carbocycles. The maximum absolute atomic E-state index is 14.5. The molecule has 1 aromatic rings. The van der Waals surface area contributed by atoms with Crippen LogP contribution in [0.1, 0.15) is 83.1 Å². The minimum atomic E-state index is -2.44. The highest BCUT2D eigenvalue weighted by atomic mass is 19.3. The Hall–Kier alpha value is -1.12. The van der Waals surface area contributed by atoms with Gasteiger partial charge in [-0.05, 0) is 87.3 Å². The molecule has 2 atom stereocenters. The van der Waals surface area contributed by atoms with Crippen molar-refractivity contribution < 1.29 is 13.5 Å². The van der Waals surface area contributed by atoms with E-state index in [1.807, 2.05) is 13.8 Å². The van der Waals surface area contributed by atoms with Gasteiger partial charge < -0.3 is 4.74 Å². The molecule has 2 aliphatic carbocycles. The molecule has 2 aliphatic rings. The monoisotopic (exact) mass is 364 g/mol. The van der Waals surface area contributed by atoms with Gasteiger partial charge in [-0.15, -0.1) is 0 Å². The van der Waals surface area contributed by atoms with Crippen LogP contribution in [-0.2, 0) is 0 Å². The van der Waals surface area contributed by atoms with Crippen LogP contribution in [0, 0.1) is 17.8 Å². The van der Waals surface area contributed by atoms with Gasteiger partial charge in [0.25, 0.3) is 5.92 Å². The molecule has 1 nitrogen and oxygen atoms in total. The molecule has 146 valence electrons. The van der Waals surface area contributed by atoms with Gasteiger partial charge in [0.2, 0.25) is 0 Å². The van der Waals surface area contributed by atoms with Gasteiger partial charge in [-0.2, -0.15) is 0 Å². The quantitative estimate of drug-likeness (QED) is 0.518. The van der Waals surface area contributed by atoms with Gasteiger partial charge in [0, 0.05) is 12.3 Å². The van der Waals surface area contributed by atoms with Crippen molar-refractivity contribution in [1.29, 1.82) is 0 Å². The fourth-order valence-corrected chi connectivity index (χ4v) is 5.28. The van der Waals surface area contributed by atoms with Crippen molar-refractivity contribution in [2.24, 2.45) is 17.8 Å². The van der Waals surface area contributed by atoms with Crippen molar-refractivity contribution in [2.45, 2.75) is 83.5 Å². The van der Waals surface area contributed by atoms with Crippen molar-refractivity contribution >= 4 is 0 Å². The fraction of sp³-hybridized carbons (Fsp3) is 0.739. The van der Waals surface area contributed by atoms with E-state index in [4.69, 9.17) is 4.74 Å². The third-order valence-corrected chi connectivity index (χ3v) is 6.76. The molecule has 0 aliphatic heterocycles. The molecular formula is C23H34F2O. The molecule has 3 heteroatoms. The zero-order valence-electron chi connectivity index (χ0n) is 16.4. The smallest absolute Gasteiger partial charge is 0.251 e. The number of hydrogen-bond acceptors (Lipinski definition) is 1. The first-order valence-electron chi connectivity index (χ1n) is 10.6. The third-order valence-electron chi connectivity index (χ3n) is 6.76. The summed E-state index contributed by atoms with van der Waals surface area (Å²) < 4.78 is 34.5. The highest BCUT2D eigenvalue weighted by Gasteiger charge is 2.46. The third kappa shape index (κ3) is 4.58. The van der Waals surface area contributed by atoms with Crippen molar-refractivity contribution in [3.05, 3.63) is 29.8 Å². The summed E-state index contributed by atoms with van der Waals surface area (Å²) in [6, 6.07) is 8.47. The molecule has 0 spiro atoms. The molecular weight excluding hydrogens is 330 g/mol. The Morgan fingerprint density at radius 2 is 1.58 bits per heavy atom. The SMILES string of the molecule is CCCC1CCC(C2CCC(c3ccc(OCC)cc3)CC2)CC1(F)F. The van der Waals surface area contributed by atoms with E-state index in [1.165, 1.54) is 5.56 Å². The maximum atomic E-state index is 14.5. The average molecular weight is 365 g/mol. The summed E-state index contributed by atoms with van der Waals surface area (Å²) in [5, 5.41) is 0. The number of hydrogen-bond donors (Lipinski definition) is 0. The fourth-order valence-electron chi connectivity index (χ4n) is 5.28. The Kier molecular flexibility index (Phi) is 6.58. The standard InChI is InChI=1S/C23H34F2O/c1-3-5-21-13-10-20(16-23(21,24)25)19-8-6-17(7-9-19)18-11-14-22(15-12-18)26-4-2/h11-12,14-15,17,19-21H,3-10,13,16H2,1-2H3. The zero-order chi connectivity index (χ0) is 18.6. The van der Waals surface area contributed by atoms with Crippen LogP contribution in [0.25, 0.3) is 0 Å². The van der Waals surface area contributed by atoms with Crippen LogP contribution in [0.2, 0.25) is 0 Å². The lowest BCUT2D eigenvalue weighted by Crippen LogP contribution is -2.38. The Morgan fingerprint density at radius 3 is 2.15 bits per heavy atom. The van der Waals surface area contributed by atoms with Gasteiger partial charge >= 0.3 is 0 Å². The summed E-state index contributed by atoms with van der Waals surface area (Å²) in [6.45, 7) is 4.70. The van der Waals surface area contributed by atoms with E-state index in [9.17, 15) is 8.78 Å². The number of rotatable bonds is 6. The summed E-state index contributed by atoms with van der Waals surface area (Å²) in [5.74, 6) is -0.564. The van der Waals surface area contributed by atoms with Gasteiger partial charge in [-0.3, -0.25) is 0 Å². The highest BCUT2D eigenvalue weighted by Crippen LogP contribution is 2.49. The van der Waals surface area contributed by atoms with E-state index in [0.29, 0.717) is 24.9 Å². The van der Waals surface area contributed by atoms with Gasteiger partial charge in [-0.1, -0.05) is 25.5 Å². The van der Waals surface area contributed by atoms with Gasteiger partial charge in [0.15, 0.2) is 0 Å². The Bertz CT molecular complexity index is 546. The minimum Gasteiger partial charge on any atom is -0.494 e. The van der Waals surface area contributed by atoms with Crippen LogP contribution >= 0.6 is 0 Å². The molecule has 3 rings (SSSR count). The molecule has 2 saturated carbocycles. The molecule has 0 amide bonds. The number of benzene rings is 1. The van der Waals surface area contributed by atoms with E-state index in [2.05, 4.69) is 24.3 Å². The summed E-state index contributed by atoms with van der Waals surface area (Å²) in [7, 11) is 0. The topological polar surface area (TPSA) is 9.23 Å². The molecule has 2 unspecified atom stereocenters. The van der Waals surface area contributed by atoms with E-state index in [1.54, 1.807) is 0 Å². The summed E-state index contributed by atoms with van der Waals surface area (Å²) in [4.78, 5) is 0. The molecule has 2 fully saturated rings. The van der Waals surface area contributed by atoms with Crippen molar-refractivity contribution in [2.75, 3.05) is 6.61 Å². The normalized spacial score (nSPS) is 31.5. The van der Waals surface area contributed by atoms with Crippen LogP contribution in [0.15, 0.2) is 24.3 Å². The molecule has 26 heavy (non-hydrogen) atoms. The lowest BCUT2D eigenvalue weighted by atomic mass is 9.67. The average Bonchev–Trinajstić information content (AvgIpc) is 2.64. The van der Waals surface area contributed by atoms with Crippen molar-refractivity contribution in [1.82, 2.24) is 0 Å². The molecule has 0 radical (unpaired) electrons. The number of alkyl halides is 2. The van der Waals surface area contributed by atoms with Crippen molar-refractivity contribution in [3.63, 3.8) is 0 Å². The summed E-state index contributed by atoms with van der Waals surface area (Å²) in [6.07, 6.45) is 7.92. The Balaban J connectivity index is 1.52. The second-order valence-corrected chi connectivity index (χ2v) is 8.40. The predicted octanol–water partition coefficient (Wildman–Crippen LogP) is 7.21. The van der Waals surface area contributed by atoms with Crippen LogP contribution < -0.4 is 4.74 Å². The van der Waals surface area contributed by atoms with Crippen LogP contribution in [0.4, 0.5) is 8.78 Å².